The van der Waals surface area contributed by atoms with Crippen LogP contribution in [0.4, 0.5) is 0 Å². The smallest absolute Gasteiger partial charge is 0.254 e. The molecule has 4 rings (SSSR count). The Morgan fingerprint density at radius 2 is 1.75 bits per heavy atom. The molecule has 0 N–H and O–H groups in total. The molecule has 2 fully saturated rings. The maximum atomic E-state index is 13.0. The van der Waals surface area contributed by atoms with Crippen LogP contribution >= 0.6 is 0 Å². The summed E-state index contributed by atoms with van der Waals surface area (Å²) < 4.78 is 5.96. The first kappa shape index (κ1) is 22.3. The van der Waals surface area contributed by atoms with Gasteiger partial charge in [-0.05, 0) is 42.2 Å². The average molecular weight is 436 g/mol. The van der Waals surface area contributed by atoms with Crippen molar-refractivity contribution in [3.8, 4) is 5.75 Å². The zero-order valence-corrected chi connectivity index (χ0v) is 18.7. The number of benzene rings is 1. The van der Waals surface area contributed by atoms with Gasteiger partial charge >= 0.3 is 0 Å². The van der Waals surface area contributed by atoms with E-state index in [9.17, 15) is 9.59 Å². The first-order valence-corrected chi connectivity index (χ1v) is 11.9. The standard InChI is InChI=1S/C26H33N3O3/c30-25(18-22-8-5-12-27-20-22)28-13-15-29(16-14-28)26(31)23-9-4-10-24(19-23)32-17-11-21-6-2-1-3-7-21/h4-5,8-10,12,19-21H,1-3,6-7,11,13-18H2. The summed E-state index contributed by atoms with van der Waals surface area (Å²) in [6, 6.07) is 11.3. The number of pyridine rings is 1. The molecule has 2 aliphatic rings. The second-order valence-electron chi connectivity index (χ2n) is 8.88. The number of aromatic nitrogens is 1. The molecule has 1 aliphatic heterocycles. The average Bonchev–Trinajstić information content (AvgIpc) is 2.85. The van der Waals surface area contributed by atoms with Gasteiger partial charge < -0.3 is 14.5 Å². The lowest BCUT2D eigenvalue weighted by Gasteiger charge is -2.35. The Hall–Kier alpha value is -2.89. The number of carbonyl (C=O) groups excluding carboxylic acids is 2. The molecule has 170 valence electrons. The molecule has 2 heterocycles. The normalized spacial score (nSPS) is 17.2. The highest BCUT2D eigenvalue weighted by atomic mass is 16.5. The summed E-state index contributed by atoms with van der Waals surface area (Å²) >= 11 is 0. The van der Waals surface area contributed by atoms with E-state index in [2.05, 4.69) is 4.98 Å². The van der Waals surface area contributed by atoms with Crippen LogP contribution in [0.2, 0.25) is 0 Å². The van der Waals surface area contributed by atoms with Crippen LogP contribution in [0.25, 0.3) is 0 Å². The summed E-state index contributed by atoms with van der Waals surface area (Å²) in [6.07, 6.45) is 11.6. The lowest BCUT2D eigenvalue weighted by molar-refractivity contribution is -0.131. The Kier molecular flexibility index (Phi) is 7.75. The number of hydrogen-bond acceptors (Lipinski definition) is 4. The molecule has 0 radical (unpaired) electrons. The van der Waals surface area contributed by atoms with E-state index in [0.717, 1.165) is 23.7 Å². The zero-order chi connectivity index (χ0) is 22.2. The van der Waals surface area contributed by atoms with E-state index in [4.69, 9.17) is 4.74 Å². The van der Waals surface area contributed by atoms with Crippen molar-refractivity contribution in [1.82, 2.24) is 14.8 Å². The molecule has 32 heavy (non-hydrogen) atoms. The third kappa shape index (κ3) is 6.09. The molecule has 1 aromatic carbocycles. The molecule has 1 aliphatic carbocycles. The van der Waals surface area contributed by atoms with Crippen LogP contribution in [-0.2, 0) is 11.2 Å². The van der Waals surface area contributed by atoms with Gasteiger partial charge in [0.2, 0.25) is 5.91 Å². The van der Waals surface area contributed by atoms with E-state index in [0.29, 0.717) is 44.8 Å². The number of amides is 2. The lowest BCUT2D eigenvalue weighted by Crippen LogP contribution is -2.51. The van der Waals surface area contributed by atoms with Crippen molar-refractivity contribution in [2.45, 2.75) is 44.9 Å². The molecular formula is C26H33N3O3. The molecule has 2 amide bonds. The Balaban J connectivity index is 1.24. The van der Waals surface area contributed by atoms with E-state index < -0.39 is 0 Å². The van der Waals surface area contributed by atoms with Crippen molar-refractivity contribution in [2.75, 3.05) is 32.8 Å². The van der Waals surface area contributed by atoms with Gasteiger partial charge in [-0.2, -0.15) is 0 Å². The molecule has 6 heteroatoms. The highest BCUT2D eigenvalue weighted by Crippen LogP contribution is 2.26. The largest absolute Gasteiger partial charge is 0.494 e. The molecule has 2 aromatic rings. The van der Waals surface area contributed by atoms with Gasteiger partial charge in [0, 0.05) is 44.1 Å². The highest BCUT2D eigenvalue weighted by molar-refractivity contribution is 5.94. The Bertz CT molecular complexity index is 888. The van der Waals surface area contributed by atoms with Gasteiger partial charge in [-0.15, -0.1) is 0 Å². The first-order chi connectivity index (χ1) is 15.7. The van der Waals surface area contributed by atoms with E-state index in [1.54, 1.807) is 12.4 Å². The van der Waals surface area contributed by atoms with Crippen LogP contribution < -0.4 is 4.74 Å². The van der Waals surface area contributed by atoms with Gasteiger partial charge in [0.15, 0.2) is 0 Å². The minimum atomic E-state index is 0.00193. The number of nitrogens with zero attached hydrogens (tertiary/aromatic N) is 3. The third-order valence-electron chi connectivity index (χ3n) is 6.60. The third-order valence-corrected chi connectivity index (χ3v) is 6.60. The second kappa shape index (κ2) is 11.1. The number of carbonyl (C=O) groups is 2. The van der Waals surface area contributed by atoms with E-state index >= 15 is 0 Å². The Morgan fingerprint density at radius 3 is 2.50 bits per heavy atom. The lowest BCUT2D eigenvalue weighted by atomic mass is 9.87. The number of rotatable bonds is 7. The molecule has 1 saturated heterocycles. The van der Waals surface area contributed by atoms with Gasteiger partial charge in [-0.25, -0.2) is 0 Å². The maximum Gasteiger partial charge on any atom is 0.254 e. The van der Waals surface area contributed by atoms with Gasteiger partial charge in [0.1, 0.15) is 5.75 Å². The Labute approximate surface area is 190 Å². The van der Waals surface area contributed by atoms with Gasteiger partial charge in [0.05, 0.1) is 13.0 Å². The minimum Gasteiger partial charge on any atom is -0.494 e. The fraction of sp³-hybridized carbons (Fsp3) is 0.500. The molecule has 1 saturated carbocycles. The summed E-state index contributed by atoms with van der Waals surface area (Å²) in [5, 5.41) is 0. The minimum absolute atomic E-state index is 0.00193. The van der Waals surface area contributed by atoms with Crippen molar-refractivity contribution in [1.29, 1.82) is 0 Å². The number of ether oxygens (including phenoxy) is 1. The van der Waals surface area contributed by atoms with Crippen molar-refractivity contribution >= 4 is 11.8 Å². The Morgan fingerprint density at radius 1 is 0.969 bits per heavy atom. The van der Waals surface area contributed by atoms with E-state index in [1.807, 2.05) is 46.2 Å². The molecule has 0 atom stereocenters. The molecular weight excluding hydrogens is 402 g/mol. The molecule has 1 aromatic heterocycles. The quantitative estimate of drug-likeness (QED) is 0.661. The first-order valence-electron chi connectivity index (χ1n) is 11.9. The van der Waals surface area contributed by atoms with Crippen molar-refractivity contribution in [2.24, 2.45) is 5.92 Å². The summed E-state index contributed by atoms with van der Waals surface area (Å²) in [4.78, 5) is 33.3. The van der Waals surface area contributed by atoms with Crippen LogP contribution in [0.1, 0.15) is 54.4 Å². The van der Waals surface area contributed by atoms with Crippen LogP contribution in [0.3, 0.4) is 0 Å². The molecule has 0 spiro atoms. The van der Waals surface area contributed by atoms with Crippen LogP contribution in [0, 0.1) is 5.92 Å². The predicted octanol–water partition coefficient (Wildman–Crippen LogP) is 3.96. The summed E-state index contributed by atoms with van der Waals surface area (Å²) in [7, 11) is 0. The maximum absolute atomic E-state index is 13.0. The van der Waals surface area contributed by atoms with Crippen LogP contribution in [0.15, 0.2) is 48.8 Å². The number of hydrogen-bond donors (Lipinski definition) is 0. The predicted molar refractivity (Wildman–Crippen MR) is 124 cm³/mol. The van der Waals surface area contributed by atoms with Gasteiger partial charge in [0.25, 0.3) is 5.91 Å². The highest BCUT2D eigenvalue weighted by Gasteiger charge is 2.25. The summed E-state index contributed by atoms with van der Waals surface area (Å²) in [5.41, 5.74) is 1.56. The molecule has 6 nitrogen and oxygen atoms in total. The van der Waals surface area contributed by atoms with Crippen molar-refractivity contribution in [3.05, 3.63) is 59.9 Å². The van der Waals surface area contributed by atoms with Gasteiger partial charge in [-0.3, -0.25) is 14.6 Å². The molecule has 0 bridgehead atoms. The fourth-order valence-electron chi connectivity index (χ4n) is 4.67. The topological polar surface area (TPSA) is 62.7 Å². The van der Waals surface area contributed by atoms with Crippen LogP contribution in [0.5, 0.6) is 5.75 Å². The zero-order valence-electron chi connectivity index (χ0n) is 18.7. The van der Waals surface area contributed by atoms with E-state index in [1.165, 1.54) is 32.1 Å². The number of piperazine rings is 1. The second-order valence-corrected chi connectivity index (χ2v) is 8.88. The van der Waals surface area contributed by atoms with Crippen molar-refractivity contribution in [3.63, 3.8) is 0 Å². The molecule has 0 unspecified atom stereocenters. The summed E-state index contributed by atoms with van der Waals surface area (Å²) in [6.45, 7) is 2.92. The fourth-order valence-corrected chi connectivity index (χ4v) is 4.67. The van der Waals surface area contributed by atoms with Gasteiger partial charge in [-0.1, -0.05) is 44.2 Å². The summed E-state index contributed by atoms with van der Waals surface area (Å²) in [5.74, 6) is 1.63. The van der Waals surface area contributed by atoms with Crippen LogP contribution in [-0.4, -0.2) is 59.4 Å². The SMILES string of the molecule is O=C(Cc1cccnc1)N1CCN(C(=O)c2cccc(OCCC3CCCCC3)c2)CC1. The monoisotopic (exact) mass is 435 g/mol. The van der Waals surface area contributed by atoms with Crippen molar-refractivity contribution < 1.29 is 14.3 Å². The van der Waals surface area contributed by atoms with E-state index in [-0.39, 0.29) is 11.8 Å².